The first-order valence-electron chi connectivity index (χ1n) is 14.4. The first kappa shape index (κ1) is 29.6. The van der Waals surface area contributed by atoms with Crippen LogP contribution in [0.1, 0.15) is 57.1 Å². The molecule has 4 aromatic rings. The molecule has 0 radical (unpaired) electrons. The molecule has 2 heterocycles. The summed E-state index contributed by atoms with van der Waals surface area (Å²) in [5.41, 5.74) is 7.33. The van der Waals surface area contributed by atoms with Crippen LogP contribution >= 0.6 is 0 Å². The van der Waals surface area contributed by atoms with E-state index in [1.807, 2.05) is 76.2 Å². The quantitative estimate of drug-likeness (QED) is 0.111. The summed E-state index contributed by atoms with van der Waals surface area (Å²) in [4.78, 5) is 47.0. The van der Waals surface area contributed by atoms with Crippen LogP contribution in [0.5, 0.6) is 0 Å². The molecule has 0 saturated heterocycles. The van der Waals surface area contributed by atoms with Crippen molar-refractivity contribution >= 4 is 39.3 Å². The van der Waals surface area contributed by atoms with Gasteiger partial charge in [0.2, 0.25) is 11.6 Å². The second kappa shape index (κ2) is 12.1. The highest BCUT2D eigenvalue weighted by Gasteiger charge is 2.38. The zero-order chi connectivity index (χ0) is 30.8. The number of allylic oxidation sites excluding steroid dienone is 6. The zero-order valence-electron chi connectivity index (χ0n) is 25.2. The third kappa shape index (κ3) is 6.02. The Hall–Kier alpha value is -4.91. The number of H-pyrrole nitrogens is 2. The number of nitrogens with one attached hydrogen (secondary N) is 2. The van der Waals surface area contributed by atoms with Gasteiger partial charge in [0.1, 0.15) is 0 Å². The number of hydrogen-bond donors (Lipinski definition) is 3. The van der Waals surface area contributed by atoms with Crippen LogP contribution in [0.2, 0.25) is 0 Å². The molecule has 0 unspecified atom stereocenters. The summed E-state index contributed by atoms with van der Waals surface area (Å²) >= 11 is 0. The molecule has 0 bridgehead atoms. The van der Waals surface area contributed by atoms with Crippen molar-refractivity contribution in [1.29, 1.82) is 0 Å². The Balaban J connectivity index is 1.60. The Bertz CT molecular complexity index is 1900. The van der Waals surface area contributed by atoms with Crippen molar-refractivity contribution in [3.8, 4) is 0 Å². The number of esters is 1. The number of aliphatic hydroxyl groups is 1. The highest BCUT2D eigenvalue weighted by molar-refractivity contribution is 6.24. The molecule has 1 aliphatic carbocycles. The van der Waals surface area contributed by atoms with Crippen LogP contribution in [0.3, 0.4) is 0 Å². The SMILES string of the molecule is CC(=O)OC1=C(Cc2c(CC=C(C)C)[nH]c3ccccc23)C(=O)C(O)=C(Cc2c(CC=C(C)C)[nH]c3ccccc23)C1=O. The van der Waals surface area contributed by atoms with Gasteiger partial charge in [-0.1, -0.05) is 59.7 Å². The standard InChI is InChI=1S/C36H36N2O5/c1-20(2)14-16-31-25(23-10-6-8-12-29(23)37-31)18-27-33(40)34(41)28(36(35(27)42)43-22(5)39)19-26-24-11-7-9-13-30(24)38-32(26)17-15-21(3)4/h6-15,37-38,40H,16-19H2,1-5H3. The van der Waals surface area contributed by atoms with Gasteiger partial charge in [0.15, 0.2) is 11.5 Å². The Morgan fingerprint density at radius 3 is 1.65 bits per heavy atom. The number of aromatic amines is 2. The number of Topliss-reactive ketones (excluding diaryl/α,β-unsaturated/α-hetero) is 2. The maximum Gasteiger partial charge on any atom is 0.308 e. The van der Waals surface area contributed by atoms with Gasteiger partial charge in [-0.2, -0.15) is 0 Å². The van der Waals surface area contributed by atoms with Crippen LogP contribution in [0, 0.1) is 0 Å². The lowest BCUT2D eigenvalue weighted by Crippen LogP contribution is -2.28. The molecule has 0 fully saturated rings. The highest BCUT2D eigenvalue weighted by atomic mass is 16.5. The Morgan fingerprint density at radius 2 is 1.19 bits per heavy atom. The van der Waals surface area contributed by atoms with Crippen molar-refractivity contribution in [2.45, 2.75) is 60.3 Å². The first-order valence-corrected chi connectivity index (χ1v) is 14.4. The van der Waals surface area contributed by atoms with E-state index in [0.717, 1.165) is 55.5 Å². The molecule has 0 aliphatic heterocycles. The van der Waals surface area contributed by atoms with Gasteiger partial charge < -0.3 is 19.8 Å². The van der Waals surface area contributed by atoms with E-state index in [9.17, 15) is 19.5 Å². The lowest BCUT2D eigenvalue weighted by Gasteiger charge is -2.21. The number of para-hydroxylation sites is 2. The highest BCUT2D eigenvalue weighted by Crippen LogP contribution is 2.34. The first-order chi connectivity index (χ1) is 20.5. The third-order valence-electron chi connectivity index (χ3n) is 7.72. The number of aromatic nitrogens is 2. The van der Waals surface area contributed by atoms with Crippen molar-refractivity contribution in [2.75, 3.05) is 0 Å². The minimum Gasteiger partial charge on any atom is -0.504 e. The lowest BCUT2D eigenvalue weighted by atomic mass is 9.85. The Labute approximate surface area is 250 Å². The summed E-state index contributed by atoms with van der Waals surface area (Å²) in [5.74, 6) is -3.02. The van der Waals surface area contributed by atoms with Crippen LogP contribution in [-0.2, 0) is 44.8 Å². The molecule has 0 amide bonds. The van der Waals surface area contributed by atoms with Gasteiger partial charge >= 0.3 is 5.97 Å². The van der Waals surface area contributed by atoms with Crippen molar-refractivity contribution in [2.24, 2.45) is 0 Å². The number of aliphatic hydroxyl groups excluding tert-OH is 1. The fourth-order valence-electron chi connectivity index (χ4n) is 5.57. The van der Waals surface area contributed by atoms with E-state index in [-0.39, 0.29) is 29.7 Å². The van der Waals surface area contributed by atoms with Gasteiger partial charge in [-0.05, 0) is 51.0 Å². The van der Waals surface area contributed by atoms with E-state index >= 15 is 0 Å². The fraction of sp³-hybridized carbons (Fsp3) is 0.250. The Morgan fingerprint density at radius 1 is 0.721 bits per heavy atom. The molecule has 1 aliphatic rings. The van der Waals surface area contributed by atoms with Crippen LogP contribution < -0.4 is 0 Å². The molecule has 7 nitrogen and oxygen atoms in total. The van der Waals surface area contributed by atoms with Crippen molar-refractivity contribution < 1.29 is 24.2 Å². The summed E-state index contributed by atoms with van der Waals surface area (Å²) in [6.07, 6.45) is 5.35. The molecule has 2 aromatic heterocycles. The summed E-state index contributed by atoms with van der Waals surface area (Å²) in [5, 5.41) is 13.1. The third-order valence-corrected chi connectivity index (χ3v) is 7.72. The van der Waals surface area contributed by atoms with Gasteiger partial charge in [-0.3, -0.25) is 14.4 Å². The average Bonchev–Trinajstić information content (AvgIpc) is 3.50. The van der Waals surface area contributed by atoms with Crippen molar-refractivity contribution in [3.63, 3.8) is 0 Å². The fourth-order valence-corrected chi connectivity index (χ4v) is 5.57. The molecule has 43 heavy (non-hydrogen) atoms. The minimum atomic E-state index is -0.713. The second-order valence-electron chi connectivity index (χ2n) is 11.5. The number of rotatable bonds is 9. The maximum absolute atomic E-state index is 14.0. The average molecular weight is 577 g/mol. The van der Waals surface area contributed by atoms with E-state index < -0.39 is 23.3 Å². The van der Waals surface area contributed by atoms with Crippen LogP contribution in [0.15, 0.2) is 94.5 Å². The number of fused-ring (bicyclic) bond motifs is 2. The topological polar surface area (TPSA) is 112 Å². The van der Waals surface area contributed by atoms with Gasteiger partial charge in [-0.25, -0.2) is 0 Å². The molecular weight excluding hydrogens is 540 g/mol. The molecule has 0 saturated carbocycles. The van der Waals surface area contributed by atoms with E-state index in [4.69, 9.17) is 4.74 Å². The van der Waals surface area contributed by atoms with E-state index in [1.54, 1.807) is 0 Å². The van der Waals surface area contributed by atoms with Gasteiger partial charge in [0.05, 0.1) is 11.1 Å². The minimum absolute atomic E-state index is 0.00328. The monoisotopic (exact) mass is 576 g/mol. The van der Waals surface area contributed by atoms with Gasteiger partial charge in [0, 0.05) is 65.8 Å². The second-order valence-corrected chi connectivity index (χ2v) is 11.5. The van der Waals surface area contributed by atoms with Crippen molar-refractivity contribution in [1.82, 2.24) is 9.97 Å². The number of hydrogen-bond acceptors (Lipinski definition) is 5. The molecule has 220 valence electrons. The van der Waals surface area contributed by atoms with E-state index in [2.05, 4.69) is 22.1 Å². The van der Waals surface area contributed by atoms with Crippen LogP contribution in [-0.4, -0.2) is 32.6 Å². The normalized spacial score (nSPS) is 13.7. The smallest absolute Gasteiger partial charge is 0.308 e. The summed E-state index contributed by atoms with van der Waals surface area (Å²) in [7, 11) is 0. The summed E-state index contributed by atoms with van der Waals surface area (Å²) in [6, 6.07) is 15.4. The lowest BCUT2D eigenvalue weighted by molar-refractivity contribution is -0.140. The number of ether oxygens (including phenoxy) is 1. The molecule has 5 rings (SSSR count). The Kier molecular flexibility index (Phi) is 8.35. The zero-order valence-corrected chi connectivity index (χ0v) is 25.2. The molecule has 0 atom stereocenters. The van der Waals surface area contributed by atoms with Crippen LogP contribution in [0.25, 0.3) is 21.8 Å². The largest absolute Gasteiger partial charge is 0.504 e. The molecule has 3 N–H and O–H groups in total. The van der Waals surface area contributed by atoms with E-state index in [1.165, 1.54) is 6.92 Å². The van der Waals surface area contributed by atoms with Crippen molar-refractivity contribution in [3.05, 3.63) is 117 Å². The molecular formula is C36H36N2O5. The predicted molar refractivity (Wildman–Crippen MR) is 169 cm³/mol. The molecule has 2 aromatic carbocycles. The van der Waals surface area contributed by atoms with Gasteiger partial charge in [0.25, 0.3) is 0 Å². The summed E-state index contributed by atoms with van der Waals surface area (Å²) in [6.45, 7) is 9.24. The number of carbonyl (C=O) groups is 3. The number of carbonyl (C=O) groups excluding carboxylic acids is 3. The maximum atomic E-state index is 14.0. The van der Waals surface area contributed by atoms with Gasteiger partial charge in [-0.15, -0.1) is 0 Å². The number of benzene rings is 2. The number of ketones is 2. The summed E-state index contributed by atoms with van der Waals surface area (Å²) < 4.78 is 5.47. The molecule has 7 heteroatoms. The van der Waals surface area contributed by atoms with Crippen LogP contribution in [0.4, 0.5) is 0 Å². The molecule has 0 spiro atoms. The predicted octanol–water partition coefficient (Wildman–Crippen LogP) is 7.23. The van der Waals surface area contributed by atoms with E-state index in [0.29, 0.717) is 12.8 Å².